The van der Waals surface area contributed by atoms with Crippen molar-refractivity contribution in [1.82, 2.24) is 0 Å². The fraction of sp³-hybridized carbons (Fsp3) is 0.419. The zero-order valence-electron chi connectivity index (χ0n) is 22.3. The van der Waals surface area contributed by atoms with Crippen LogP contribution in [-0.2, 0) is 32.2 Å². The van der Waals surface area contributed by atoms with Gasteiger partial charge < -0.3 is 28.4 Å². The van der Waals surface area contributed by atoms with Crippen molar-refractivity contribution >= 4 is 0 Å². The minimum absolute atomic E-state index is 0.205. The quantitative estimate of drug-likeness (QED) is 0.356. The van der Waals surface area contributed by atoms with Gasteiger partial charge in [0.2, 0.25) is 0 Å². The van der Waals surface area contributed by atoms with E-state index in [2.05, 4.69) is 32.9 Å². The van der Waals surface area contributed by atoms with Crippen molar-refractivity contribution < 1.29 is 28.4 Å². The van der Waals surface area contributed by atoms with Crippen LogP contribution in [0.1, 0.15) is 39.5 Å². The molecule has 6 nitrogen and oxygen atoms in total. The molecular weight excluding hydrogens is 468 g/mol. The van der Waals surface area contributed by atoms with Gasteiger partial charge >= 0.3 is 0 Å². The van der Waals surface area contributed by atoms with Crippen LogP contribution in [0.4, 0.5) is 0 Å². The molecule has 196 valence electrons. The minimum atomic E-state index is -0.681. The predicted molar refractivity (Wildman–Crippen MR) is 141 cm³/mol. The highest BCUT2D eigenvalue weighted by Crippen LogP contribution is 2.50. The molecule has 2 fully saturated rings. The van der Waals surface area contributed by atoms with Crippen LogP contribution in [0, 0.1) is 20.8 Å². The Morgan fingerprint density at radius 1 is 0.784 bits per heavy atom. The SMILES string of the molecule is COc1ccc(COCC23CO[C@@H]([C@H](c4cc(C)c(C)cc4C)O2)[C@@H]3OCc2ccc(OC)cc2)cc1. The predicted octanol–water partition coefficient (Wildman–Crippen LogP) is 5.64. The molecule has 5 rings (SSSR count). The first-order chi connectivity index (χ1) is 17.9. The zero-order chi connectivity index (χ0) is 26.0. The first-order valence-electron chi connectivity index (χ1n) is 12.7. The van der Waals surface area contributed by atoms with Crippen molar-refractivity contribution in [2.24, 2.45) is 0 Å². The normalized spacial score (nSPS) is 24.4. The molecule has 2 aliphatic rings. The molecule has 2 heterocycles. The number of methoxy groups -OCH3 is 2. The third-order valence-electron chi connectivity index (χ3n) is 7.55. The molecule has 0 aliphatic carbocycles. The van der Waals surface area contributed by atoms with Gasteiger partial charge in [0, 0.05) is 0 Å². The number of benzene rings is 3. The van der Waals surface area contributed by atoms with Gasteiger partial charge in [-0.25, -0.2) is 0 Å². The lowest BCUT2D eigenvalue weighted by Crippen LogP contribution is -2.46. The highest BCUT2D eigenvalue weighted by atomic mass is 16.7. The maximum Gasteiger partial charge on any atom is 0.144 e. The number of rotatable bonds is 10. The summed E-state index contributed by atoms with van der Waals surface area (Å²) in [4.78, 5) is 0. The Morgan fingerprint density at radius 2 is 1.38 bits per heavy atom. The monoisotopic (exact) mass is 504 g/mol. The Balaban J connectivity index is 1.35. The largest absolute Gasteiger partial charge is 0.497 e. The van der Waals surface area contributed by atoms with Gasteiger partial charge in [0.1, 0.15) is 35.4 Å². The van der Waals surface area contributed by atoms with E-state index in [1.165, 1.54) is 16.7 Å². The third-order valence-corrected chi connectivity index (χ3v) is 7.55. The molecule has 2 bridgehead atoms. The molecule has 37 heavy (non-hydrogen) atoms. The van der Waals surface area contributed by atoms with Gasteiger partial charge in [-0.1, -0.05) is 36.4 Å². The molecule has 2 saturated heterocycles. The van der Waals surface area contributed by atoms with Crippen LogP contribution in [-0.4, -0.2) is 45.2 Å². The van der Waals surface area contributed by atoms with E-state index in [1.807, 2.05) is 48.5 Å². The summed E-state index contributed by atoms with van der Waals surface area (Å²) in [6, 6.07) is 20.3. The molecule has 0 saturated carbocycles. The highest BCUT2D eigenvalue weighted by molar-refractivity contribution is 5.39. The Labute approximate surface area is 219 Å². The Kier molecular flexibility index (Phi) is 7.54. The topological polar surface area (TPSA) is 55.4 Å². The van der Waals surface area contributed by atoms with Crippen molar-refractivity contribution in [3.63, 3.8) is 0 Å². The summed E-state index contributed by atoms with van der Waals surface area (Å²) in [6.07, 6.45) is -0.668. The lowest BCUT2D eigenvalue weighted by atomic mass is 9.93. The molecule has 3 aromatic rings. The van der Waals surface area contributed by atoms with Crippen LogP contribution in [0.15, 0.2) is 60.7 Å². The van der Waals surface area contributed by atoms with Crippen LogP contribution < -0.4 is 9.47 Å². The van der Waals surface area contributed by atoms with Gasteiger partial charge in [-0.15, -0.1) is 0 Å². The lowest BCUT2D eigenvalue weighted by Gasteiger charge is -2.32. The second kappa shape index (κ2) is 10.8. The number of hydrogen-bond acceptors (Lipinski definition) is 6. The summed E-state index contributed by atoms with van der Waals surface area (Å²) in [7, 11) is 3.33. The summed E-state index contributed by atoms with van der Waals surface area (Å²) in [5.74, 6) is 1.65. The van der Waals surface area contributed by atoms with Crippen molar-refractivity contribution in [2.45, 2.75) is 57.9 Å². The maximum absolute atomic E-state index is 6.81. The summed E-state index contributed by atoms with van der Waals surface area (Å²) < 4.78 is 36.5. The molecule has 0 aromatic heterocycles. The van der Waals surface area contributed by atoms with Gasteiger partial charge in [0.15, 0.2) is 0 Å². The number of aryl methyl sites for hydroxylation is 3. The molecular formula is C31H36O6. The van der Waals surface area contributed by atoms with Crippen LogP contribution in [0.5, 0.6) is 11.5 Å². The molecule has 0 spiro atoms. The Hall–Kier alpha value is -2.90. The van der Waals surface area contributed by atoms with E-state index in [1.54, 1.807) is 14.2 Å². The fourth-order valence-electron chi connectivity index (χ4n) is 5.28. The average molecular weight is 505 g/mol. The summed E-state index contributed by atoms with van der Waals surface area (Å²) in [5, 5.41) is 0. The zero-order valence-corrected chi connectivity index (χ0v) is 22.3. The molecule has 1 unspecified atom stereocenters. The summed E-state index contributed by atoms with van der Waals surface area (Å²) in [5.41, 5.74) is 6.33. The molecule has 0 amide bonds. The van der Waals surface area contributed by atoms with Crippen molar-refractivity contribution in [3.05, 3.63) is 94.0 Å². The van der Waals surface area contributed by atoms with Gasteiger partial charge in [0.05, 0.1) is 40.6 Å². The lowest BCUT2D eigenvalue weighted by molar-refractivity contribution is -0.176. The van der Waals surface area contributed by atoms with Gasteiger partial charge in [-0.3, -0.25) is 0 Å². The van der Waals surface area contributed by atoms with Crippen LogP contribution in [0.3, 0.4) is 0 Å². The van der Waals surface area contributed by atoms with Crippen LogP contribution >= 0.6 is 0 Å². The third kappa shape index (κ3) is 5.25. The molecule has 6 heteroatoms. The van der Waals surface area contributed by atoms with Gasteiger partial charge in [0.25, 0.3) is 0 Å². The molecule has 2 aliphatic heterocycles. The highest BCUT2D eigenvalue weighted by Gasteiger charge is 2.63. The first kappa shape index (κ1) is 25.7. The second-order valence-corrected chi connectivity index (χ2v) is 10.1. The smallest absolute Gasteiger partial charge is 0.144 e. The molecule has 0 N–H and O–H groups in total. The molecule has 4 atom stereocenters. The van der Waals surface area contributed by atoms with Crippen molar-refractivity contribution in [2.75, 3.05) is 27.4 Å². The Bertz CT molecular complexity index is 1210. The van der Waals surface area contributed by atoms with E-state index in [0.717, 1.165) is 28.2 Å². The van der Waals surface area contributed by atoms with E-state index in [9.17, 15) is 0 Å². The number of hydrogen-bond donors (Lipinski definition) is 0. The average Bonchev–Trinajstić information content (AvgIpc) is 3.41. The van der Waals surface area contributed by atoms with Crippen molar-refractivity contribution in [1.29, 1.82) is 0 Å². The van der Waals surface area contributed by atoms with E-state index in [0.29, 0.717) is 26.4 Å². The van der Waals surface area contributed by atoms with Gasteiger partial charge in [-0.05, 0) is 78.4 Å². The number of ether oxygens (including phenoxy) is 6. The van der Waals surface area contributed by atoms with E-state index < -0.39 is 5.60 Å². The van der Waals surface area contributed by atoms with E-state index in [-0.39, 0.29) is 18.3 Å². The summed E-state index contributed by atoms with van der Waals surface area (Å²) in [6.45, 7) is 8.15. The van der Waals surface area contributed by atoms with Crippen LogP contribution in [0.2, 0.25) is 0 Å². The van der Waals surface area contributed by atoms with Crippen molar-refractivity contribution in [3.8, 4) is 11.5 Å². The fourth-order valence-corrected chi connectivity index (χ4v) is 5.28. The van der Waals surface area contributed by atoms with Gasteiger partial charge in [-0.2, -0.15) is 0 Å². The van der Waals surface area contributed by atoms with E-state index in [4.69, 9.17) is 28.4 Å². The number of fused-ring (bicyclic) bond motifs is 2. The molecule has 3 aromatic carbocycles. The molecule has 0 radical (unpaired) electrons. The summed E-state index contributed by atoms with van der Waals surface area (Å²) >= 11 is 0. The second-order valence-electron chi connectivity index (χ2n) is 10.1. The first-order valence-corrected chi connectivity index (χ1v) is 12.7. The Morgan fingerprint density at radius 3 is 2.00 bits per heavy atom. The standard InChI is InChI=1S/C31H36O6/c1-20-14-22(3)27(15-21(20)2)28-29-30(35-17-24-8-12-26(33-5)13-9-24)31(37-28,19-36-29)18-34-16-23-6-10-25(32-4)11-7-23/h6-15,28-30H,16-19H2,1-5H3/t28-,29-,30-,31?/m0/s1. The van der Waals surface area contributed by atoms with Crippen LogP contribution in [0.25, 0.3) is 0 Å². The maximum atomic E-state index is 6.81. The minimum Gasteiger partial charge on any atom is -0.497 e. The van der Waals surface area contributed by atoms with E-state index >= 15 is 0 Å².